The zero-order valence-corrected chi connectivity index (χ0v) is 8.59. The smallest absolute Gasteiger partial charge is 0.139 e. The molecule has 0 aromatic heterocycles. The van der Waals surface area contributed by atoms with Crippen molar-refractivity contribution in [2.45, 2.75) is 51.9 Å². The first-order valence-electron chi connectivity index (χ1n) is 5.88. The molecule has 1 nitrogen and oxygen atoms in total. The molecule has 3 atom stereocenters. The Kier molecular flexibility index (Phi) is 2.71. The second kappa shape index (κ2) is 3.81. The van der Waals surface area contributed by atoms with E-state index in [0.717, 1.165) is 12.3 Å². The Morgan fingerprint density at radius 1 is 1.23 bits per heavy atom. The van der Waals surface area contributed by atoms with E-state index in [1.54, 1.807) is 0 Å². The molecule has 74 valence electrons. The predicted molar refractivity (Wildman–Crippen MR) is 53.5 cm³/mol. The average molecular weight is 180 g/mol. The lowest BCUT2D eigenvalue weighted by molar-refractivity contribution is -0.143. The molecule has 13 heavy (non-hydrogen) atoms. The van der Waals surface area contributed by atoms with Crippen LogP contribution in [-0.2, 0) is 4.79 Å². The first-order chi connectivity index (χ1) is 6.34. The van der Waals surface area contributed by atoms with Crippen molar-refractivity contribution in [1.82, 2.24) is 0 Å². The predicted octanol–water partition coefficient (Wildman–Crippen LogP) is 3.18. The van der Waals surface area contributed by atoms with Crippen molar-refractivity contribution in [3.05, 3.63) is 0 Å². The molecular weight excluding hydrogens is 160 g/mol. The van der Waals surface area contributed by atoms with Gasteiger partial charge >= 0.3 is 0 Å². The van der Waals surface area contributed by atoms with Crippen molar-refractivity contribution < 1.29 is 4.79 Å². The number of carbonyl (C=O) groups is 1. The van der Waals surface area contributed by atoms with Crippen LogP contribution in [0.4, 0.5) is 0 Å². The normalized spacial score (nSPS) is 39.2. The highest BCUT2D eigenvalue weighted by atomic mass is 16.1. The average Bonchev–Trinajstić information content (AvgIpc) is 2.36. The molecule has 2 aliphatic rings. The van der Waals surface area contributed by atoms with E-state index >= 15 is 0 Å². The van der Waals surface area contributed by atoms with Crippen LogP contribution in [0.2, 0.25) is 0 Å². The van der Waals surface area contributed by atoms with Crippen LogP contribution in [0.5, 0.6) is 0 Å². The van der Waals surface area contributed by atoms with Crippen LogP contribution in [0.1, 0.15) is 51.9 Å². The maximum absolute atomic E-state index is 11.7. The van der Waals surface area contributed by atoms with Crippen molar-refractivity contribution in [3.8, 4) is 0 Å². The van der Waals surface area contributed by atoms with E-state index in [1.165, 1.54) is 38.5 Å². The Balaban J connectivity index is 1.97. The minimum atomic E-state index is 0.466. The highest BCUT2D eigenvalue weighted by Gasteiger charge is 2.47. The second-order valence-corrected chi connectivity index (χ2v) is 4.71. The molecule has 0 bridgehead atoms. The molecule has 2 rings (SSSR count). The van der Waals surface area contributed by atoms with E-state index in [4.69, 9.17) is 0 Å². The van der Waals surface area contributed by atoms with E-state index in [9.17, 15) is 4.79 Å². The topological polar surface area (TPSA) is 17.1 Å². The van der Waals surface area contributed by atoms with Crippen molar-refractivity contribution in [3.63, 3.8) is 0 Å². The van der Waals surface area contributed by atoms with Crippen LogP contribution < -0.4 is 0 Å². The van der Waals surface area contributed by atoms with Gasteiger partial charge in [-0.2, -0.15) is 0 Å². The van der Waals surface area contributed by atoms with Gasteiger partial charge in [-0.1, -0.05) is 32.6 Å². The second-order valence-electron chi connectivity index (χ2n) is 4.71. The summed E-state index contributed by atoms with van der Waals surface area (Å²) < 4.78 is 0. The van der Waals surface area contributed by atoms with Crippen LogP contribution in [0, 0.1) is 17.8 Å². The monoisotopic (exact) mass is 180 g/mol. The van der Waals surface area contributed by atoms with Crippen LogP contribution in [0.25, 0.3) is 0 Å². The number of hydrogen-bond donors (Lipinski definition) is 0. The fraction of sp³-hybridized carbons (Fsp3) is 0.917. The van der Waals surface area contributed by atoms with Gasteiger partial charge in [0.25, 0.3) is 0 Å². The maximum Gasteiger partial charge on any atom is 0.139 e. The van der Waals surface area contributed by atoms with Gasteiger partial charge in [-0.3, -0.25) is 4.79 Å². The lowest BCUT2D eigenvalue weighted by Gasteiger charge is -2.42. The summed E-state index contributed by atoms with van der Waals surface area (Å²) >= 11 is 0. The van der Waals surface area contributed by atoms with Gasteiger partial charge in [0.15, 0.2) is 0 Å². The Morgan fingerprint density at radius 2 is 2.00 bits per heavy atom. The first-order valence-corrected chi connectivity index (χ1v) is 5.88. The number of hydrogen-bond acceptors (Lipinski definition) is 1. The summed E-state index contributed by atoms with van der Waals surface area (Å²) in [6.07, 6.45) is 8.89. The first kappa shape index (κ1) is 9.23. The van der Waals surface area contributed by atoms with Gasteiger partial charge in [0, 0.05) is 11.8 Å². The lowest BCUT2D eigenvalue weighted by Crippen LogP contribution is -2.46. The van der Waals surface area contributed by atoms with E-state index in [0.29, 0.717) is 17.6 Å². The summed E-state index contributed by atoms with van der Waals surface area (Å²) in [5.41, 5.74) is 0. The Hall–Kier alpha value is -0.330. The van der Waals surface area contributed by atoms with Crippen molar-refractivity contribution in [2.24, 2.45) is 17.8 Å². The SMILES string of the molecule is CCC[C@H]1C(=O)[C@@H]2CCCCC[C@H]12. The molecule has 1 heteroatoms. The molecule has 2 saturated carbocycles. The number of ketones is 1. The Morgan fingerprint density at radius 3 is 2.77 bits per heavy atom. The number of rotatable bonds is 2. The van der Waals surface area contributed by atoms with Crippen LogP contribution in [0.15, 0.2) is 0 Å². The number of carbonyl (C=O) groups excluding carboxylic acids is 1. The number of Topliss-reactive ketones (excluding diaryl/α,β-unsaturated/α-hetero) is 1. The zero-order valence-electron chi connectivity index (χ0n) is 8.59. The maximum atomic E-state index is 11.7. The fourth-order valence-electron chi connectivity index (χ4n) is 3.21. The molecule has 0 radical (unpaired) electrons. The standard InChI is InChI=1S/C12H20O/c1-2-6-10-9-7-4-3-5-8-11(9)12(10)13/h9-11H,2-8H2,1H3/t9-,10-,11-/m1/s1. The van der Waals surface area contributed by atoms with Crippen molar-refractivity contribution >= 4 is 5.78 Å². The van der Waals surface area contributed by atoms with E-state index < -0.39 is 0 Å². The minimum Gasteiger partial charge on any atom is -0.299 e. The molecule has 2 aliphatic carbocycles. The highest BCUT2D eigenvalue weighted by Crippen LogP contribution is 2.47. The summed E-state index contributed by atoms with van der Waals surface area (Å²) in [5.74, 6) is 2.34. The van der Waals surface area contributed by atoms with E-state index in [2.05, 4.69) is 6.92 Å². The number of fused-ring (bicyclic) bond motifs is 1. The largest absolute Gasteiger partial charge is 0.299 e. The quantitative estimate of drug-likeness (QED) is 0.638. The molecule has 0 heterocycles. The van der Waals surface area contributed by atoms with Gasteiger partial charge in [-0.25, -0.2) is 0 Å². The van der Waals surface area contributed by atoms with E-state index in [-0.39, 0.29) is 0 Å². The van der Waals surface area contributed by atoms with E-state index in [1.807, 2.05) is 0 Å². The van der Waals surface area contributed by atoms with Crippen molar-refractivity contribution in [2.75, 3.05) is 0 Å². The molecule has 0 unspecified atom stereocenters. The summed E-state index contributed by atoms with van der Waals surface area (Å²) in [6, 6.07) is 0. The molecule has 0 N–H and O–H groups in total. The zero-order chi connectivity index (χ0) is 9.26. The van der Waals surface area contributed by atoms with Gasteiger partial charge in [-0.15, -0.1) is 0 Å². The van der Waals surface area contributed by atoms with Crippen LogP contribution in [-0.4, -0.2) is 5.78 Å². The summed E-state index contributed by atoms with van der Waals surface area (Å²) in [7, 11) is 0. The van der Waals surface area contributed by atoms with Crippen LogP contribution >= 0.6 is 0 Å². The molecule has 0 saturated heterocycles. The summed E-state index contributed by atoms with van der Waals surface area (Å²) in [4.78, 5) is 11.7. The van der Waals surface area contributed by atoms with Gasteiger partial charge in [0.2, 0.25) is 0 Å². The molecule has 0 aromatic carbocycles. The van der Waals surface area contributed by atoms with Crippen molar-refractivity contribution in [1.29, 1.82) is 0 Å². The third kappa shape index (κ3) is 1.53. The molecule has 0 aromatic rings. The third-order valence-corrected chi connectivity index (χ3v) is 3.92. The van der Waals surface area contributed by atoms with Gasteiger partial charge in [0.1, 0.15) is 5.78 Å². The minimum absolute atomic E-state index is 0.466. The molecular formula is C12H20O. The summed E-state index contributed by atoms with van der Waals surface area (Å²) in [6.45, 7) is 2.19. The van der Waals surface area contributed by atoms with Crippen LogP contribution in [0.3, 0.4) is 0 Å². The lowest BCUT2D eigenvalue weighted by atomic mass is 9.60. The van der Waals surface area contributed by atoms with Gasteiger partial charge < -0.3 is 0 Å². The fourth-order valence-corrected chi connectivity index (χ4v) is 3.21. The Labute approximate surface area is 80.9 Å². The van der Waals surface area contributed by atoms with Gasteiger partial charge in [0.05, 0.1) is 0 Å². The molecule has 0 aliphatic heterocycles. The molecule has 0 amide bonds. The molecule has 0 spiro atoms. The Bertz CT molecular complexity index is 197. The summed E-state index contributed by atoms with van der Waals surface area (Å²) in [5, 5.41) is 0. The molecule has 2 fully saturated rings. The van der Waals surface area contributed by atoms with Gasteiger partial charge in [-0.05, 0) is 25.2 Å². The highest BCUT2D eigenvalue weighted by molar-refractivity contribution is 5.90. The third-order valence-electron chi connectivity index (χ3n) is 3.92.